The molecule has 0 radical (unpaired) electrons. The highest BCUT2D eigenvalue weighted by atomic mass is 16.5. The maximum atomic E-state index is 12.2. The smallest absolute Gasteiger partial charge is 0.315 e. The van der Waals surface area contributed by atoms with E-state index in [-0.39, 0.29) is 24.2 Å². The predicted octanol–water partition coefficient (Wildman–Crippen LogP) is 2.28. The van der Waals surface area contributed by atoms with Gasteiger partial charge in [-0.05, 0) is 57.8 Å². The molecule has 2 aliphatic rings. The summed E-state index contributed by atoms with van der Waals surface area (Å²) in [4.78, 5) is 14.5. The summed E-state index contributed by atoms with van der Waals surface area (Å²) in [5.41, 5.74) is 0. The topological polar surface area (TPSA) is 66.7 Å². The number of rotatable bonds is 6. The number of carbonyl (C=O) groups excluding carboxylic acids is 1. The van der Waals surface area contributed by atoms with Gasteiger partial charge in [0.1, 0.15) is 5.76 Å². The summed E-state index contributed by atoms with van der Waals surface area (Å²) < 4.78 is 11.2. The number of likely N-dealkylation sites (tertiary alicyclic amines) is 1. The van der Waals surface area contributed by atoms with Crippen molar-refractivity contribution < 1.29 is 13.9 Å². The Balaban J connectivity index is 1.50. The molecule has 3 rings (SSSR count). The first kappa shape index (κ1) is 16.3. The monoisotopic (exact) mass is 321 g/mol. The molecule has 1 aromatic rings. The zero-order valence-electron chi connectivity index (χ0n) is 13.8. The second kappa shape index (κ2) is 7.84. The zero-order chi connectivity index (χ0) is 16.1. The summed E-state index contributed by atoms with van der Waals surface area (Å²) in [6, 6.07) is 3.89. The van der Waals surface area contributed by atoms with Crippen LogP contribution < -0.4 is 10.6 Å². The normalized spacial score (nSPS) is 24.5. The van der Waals surface area contributed by atoms with E-state index in [1.165, 1.54) is 12.8 Å². The lowest BCUT2D eigenvalue weighted by molar-refractivity contribution is 0.0858. The van der Waals surface area contributed by atoms with E-state index in [1.54, 1.807) is 6.26 Å². The highest BCUT2D eigenvalue weighted by molar-refractivity contribution is 5.74. The molecule has 0 aromatic carbocycles. The fraction of sp³-hybridized carbons (Fsp3) is 0.706. The summed E-state index contributed by atoms with van der Waals surface area (Å²) in [7, 11) is 0. The Labute approximate surface area is 137 Å². The molecule has 0 unspecified atom stereocenters. The second-order valence-corrected chi connectivity index (χ2v) is 6.47. The molecule has 2 aliphatic heterocycles. The summed E-state index contributed by atoms with van der Waals surface area (Å²) in [6.07, 6.45) is 6.34. The number of nitrogens with one attached hydrogen (secondary N) is 2. The third kappa shape index (κ3) is 4.26. The first-order valence-corrected chi connectivity index (χ1v) is 8.67. The molecule has 6 nitrogen and oxygen atoms in total. The lowest BCUT2D eigenvalue weighted by atomic mass is 10.1. The average molecular weight is 321 g/mol. The van der Waals surface area contributed by atoms with Crippen LogP contribution >= 0.6 is 0 Å². The fourth-order valence-corrected chi connectivity index (χ4v) is 3.48. The highest BCUT2D eigenvalue weighted by Gasteiger charge is 2.27. The Morgan fingerprint density at radius 2 is 2.22 bits per heavy atom. The molecule has 3 heterocycles. The van der Waals surface area contributed by atoms with Crippen molar-refractivity contribution in [2.24, 2.45) is 0 Å². The minimum Gasteiger partial charge on any atom is -0.468 e. The van der Waals surface area contributed by atoms with E-state index in [0.717, 1.165) is 38.3 Å². The van der Waals surface area contributed by atoms with E-state index in [2.05, 4.69) is 15.5 Å². The van der Waals surface area contributed by atoms with Gasteiger partial charge in [-0.3, -0.25) is 4.90 Å². The van der Waals surface area contributed by atoms with Crippen molar-refractivity contribution in [1.29, 1.82) is 0 Å². The van der Waals surface area contributed by atoms with Crippen molar-refractivity contribution in [1.82, 2.24) is 15.5 Å². The van der Waals surface area contributed by atoms with Gasteiger partial charge in [-0.2, -0.15) is 0 Å². The minimum atomic E-state index is -0.135. The molecule has 2 amide bonds. The summed E-state index contributed by atoms with van der Waals surface area (Å²) >= 11 is 0. The molecule has 0 spiro atoms. The molecule has 0 aliphatic carbocycles. The molecule has 0 bridgehead atoms. The van der Waals surface area contributed by atoms with Crippen LogP contribution in [0.1, 0.15) is 44.4 Å². The number of ether oxygens (including phenoxy) is 1. The Kier molecular flexibility index (Phi) is 5.56. The third-order valence-corrected chi connectivity index (χ3v) is 4.79. The van der Waals surface area contributed by atoms with Crippen molar-refractivity contribution in [2.45, 2.75) is 50.8 Å². The quantitative estimate of drug-likeness (QED) is 0.843. The van der Waals surface area contributed by atoms with Crippen LogP contribution in [0.4, 0.5) is 4.79 Å². The van der Waals surface area contributed by atoms with Crippen molar-refractivity contribution in [3.05, 3.63) is 24.2 Å². The van der Waals surface area contributed by atoms with Gasteiger partial charge in [0.2, 0.25) is 0 Å². The van der Waals surface area contributed by atoms with Gasteiger partial charge in [-0.15, -0.1) is 0 Å². The van der Waals surface area contributed by atoms with Crippen molar-refractivity contribution in [3.8, 4) is 0 Å². The number of carbonyl (C=O) groups is 1. The molecule has 2 N–H and O–H groups in total. The van der Waals surface area contributed by atoms with E-state index >= 15 is 0 Å². The predicted molar refractivity (Wildman–Crippen MR) is 87.2 cm³/mol. The Hall–Kier alpha value is -1.53. The van der Waals surface area contributed by atoms with E-state index in [9.17, 15) is 4.79 Å². The van der Waals surface area contributed by atoms with E-state index in [1.807, 2.05) is 19.1 Å². The van der Waals surface area contributed by atoms with Crippen molar-refractivity contribution >= 4 is 6.03 Å². The first-order chi connectivity index (χ1) is 11.2. The standard InChI is InChI=1S/C17H27N3O3/c1-13(15-6-4-10-22-15)19-17(21)18-12-14(16-7-5-11-23-16)20-8-2-3-9-20/h5,7,11,13-15H,2-4,6,8-10,12H2,1H3,(H2,18,19,21)/t13-,14-,15-/m0/s1. The minimum absolute atomic E-state index is 0.0337. The molecule has 2 fully saturated rings. The van der Waals surface area contributed by atoms with Crippen LogP contribution in [0.3, 0.4) is 0 Å². The van der Waals surface area contributed by atoms with Gasteiger partial charge >= 0.3 is 6.03 Å². The number of amides is 2. The molecule has 3 atom stereocenters. The molecular weight excluding hydrogens is 294 g/mol. The van der Waals surface area contributed by atoms with Crippen LogP contribution in [0.25, 0.3) is 0 Å². The van der Waals surface area contributed by atoms with Gasteiger partial charge in [-0.25, -0.2) is 4.79 Å². The van der Waals surface area contributed by atoms with E-state index < -0.39 is 0 Å². The van der Waals surface area contributed by atoms with E-state index in [4.69, 9.17) is 9.15 Å². The number of nitrogens with zero attached hydrogens (tertiary/aromatic N) is 1. The van der Waals surface area contributed by atoms with Crippen LogP contribution in [0, 0.1) is 0 Å². The third-order valence-electron chi connectivity index (χ3n) is 4.79. The number of hydrogen-bond acceptors (Lipinski definition) is 4. The number of furan rings is 1. The fourth-order valence-electron chi connectivity index (χ4n) is 3.48. The molecule has 6 heteroatoms. The Morgan fingerprint density at radius 1 is 1.39 bits per heavy atom. The zero-order valence-corrected chi connectivity index (χ0v) is 13.8. The maximum absolute atomic E-state index is 12.2. The average Bonchev–Trinajstić information content (AvgIpc) is 3.30. The maximum Gasteiger partial charge on any atom is 0.315 e. The first-order valence-electron chi connectivity index (χ1n) is 8.67. The van der Waals surface area contributed by atoms with E-state index in [0.29, 0.717) is 6.54 Å². The highest BCUT2D eigenvalue weighted by Crippen LogP contribution is 2.24. The van der Waals surface area contributed by atoms with Gasteiger partial charge in [0.05, 0.1) is 24.5 Å². The van der Waals surface area contributed by atoms with Crippen LogP contribution in [0.5, 0.6) is 0 Å². The molecular formula is C17H27N3O3. The van der Waals surface area contributed by atoms with Crippen LogP contribution in [0.15, 0.2) is 22.8 Å². The molecule has 23 heavy (non-hydrogen) atoms. The Bertz CT molecular complexity index is 479. The lowest BCUT2D eigenvalue weighted by Crippen LogP contribution is -2.47. The summed E-state index contributed by atoms with van der Waals surface area (Å²) in [5, 5.41) is 5.98. The molecule has 2 saturated heterocycles. The van der Waals surface area contributed by atoms with Crippen LogP contribution in [-0.4, -0.2) is 49.3 Å². The van der Waals surface area contributed by atoms with Gasteiger partial charge < -0.3 is 19.8 Å². The van der Waals surface area contributed by atoms with Gasteiger partial charge in [0.15, 0.2) is 0 Å². The van der Waals surface area contributed by atoms with Crippen LogP contribution in [-0.2, 0) is 4.74 Å². The number of hydrogen-bond donors (Lipinski definition) is 2. The lowest BCUT2D eigenvalue weighted by Gasteiger charge is -2.27. The number of urea groups is 1. The van der Waals surface area contributed by atoms with Crippen molar-refractivity contribution in [2.75, 3.05) is 26.2 Å². The Morgan fingerprint density at radius 3 is 2.87 bits per heavy atom. The summed E-state index contributed by atoms with van der Waals surface area (Å²) in [5.74, 6) is 0.916. The van der Waals surface area contributed by atoms with Gasteiger partial charge in [0, 0.05) is 13.2 Å². The molecule has 128 valence electrons. The van der Waals surface area contributed by atoms with Crippen molar-refractivity contribution in [3.63, 3.8) is 0 Å². The van der Waals surface area contributed by atoms with Crippen LogP contribution in [0.2, 0.25) is 0 Å². The second-order valence-electron chi connectivity index (χ2n) is 6.47. The molecule has 0 saturated carbocycles. The van der Waals surface area contributed by atoms with Gasteiger partial charge in [-0.1, -0.05) is 0 Å². The summed E-state index contributed by atoms with van der Waals surface area (Å²) in [6.45, 7) is 5.47. The largest absolute Gasteiger partial charge is 0.468 e. The SMILES string of the molecule is C[C@H](NC(=O)NC[C@@H](c1ccco1)N1CCCC1)[C@@H]1CCCO1. The molecule has 1 aromatic heterocycles. The van der Waals surface area contributed by atoms with Gasteiger partial charge in [0.25, 0.3) is 0 Å².